The van der Waals surface area contributed by atoms with Crippen molar-refractivity contribution in [1.29, 1.82) is 5.26 Å². The van der Waals surface area contributed by atoms with Gasteiger partial charge < -0.3 is 0 Å². The highest BCUT2D eigenvalue weighted by atomic mass is 19.1. The van der Waals surface area contributed by atoms with Crippen LogP contribution in [-0.4, -0.2) is 9.55 Å². The number of nitriles is 1. The fourth-order valence-corrected chi connectivity index (χ4v) is 2.88. The fourth-order valence-electron chi connectivity index (χ4n) is 2.88. The van der Waals surface area contributed by atoms with E-state index in [1.807, 2.05) is 48.5 Å². The SMILES string of the molecule is N#Cc1cc(F)c(-c2nc3ccccc3n2-c2ccccc2)c(F)c1. The van der Waals surface area contributed by atoms with Gasteiger partial charge >= 0.3 is 0 Å². The minimum Gasteiger partial charge on any atom is -0.292 e. The molecule has 0 bridgehead atoms. The minimum atomic E-state index is -0.816. The maximum atomic E-state index is 14.6. The average Bonchev–Trinajstić information content (AvgIpc) is 3.00. The topological polar surface area (TPSA) is 41.6 Å². The molecule has 0 aliphatic heterocycles. The van der Waals surface area contributed by atoms with Gasteiger partial charge in [0.05, 0.1) is 28.2 Å². The average molecular weight is 331 g/mol. The number of hydrogen-bond acceptors (Lipinski definition) is 2. The Morgan fingerprint density at radius 3 is 2.20 bits per heavy atom. The zero-order chi connectivity index (χ0) is 17.4. The van der Waals surface area contributed by atoms with E-state index < -0.39 is 11.6 Å². The van der Waals surface area contributed by atoms with Gasteiger partial charge in [-0.2, -0.15) is 5.26 Å². The van der Waals surface area contributed by atoms with Crippen molar-refractivity contribution in [2.24, 2.45) is 0 Å². The zero-order valence-electron chi connectivity index (χ0n) is 12.9. The molecule has 4 aromatic rings. The number of rotatable bonds is 2. The molecule has 0 spiro atoms. The van der Waals surface area contributed by atoms with Crippen molar-refractivity contribution in [2.75, 3.05) is 0 Å². The summed E-state index contributed by atoms with van der Waals surface area (Å²) < 4.78 is 30.8. The summed E-state index contributed by atoms with van der Waals surface area (Å²) in [5, 5.41) is 8.89. The van der Waals surface area contributed by atoms with E-state index in [2.05, 4.69) is 4.98 Å². The van der Waals surface area contributed by atoms with Crippen LogP contribution < -0.4 is 0 Å². The lowest BCUT2D eigenvalue weighted by Gasteiger charge is -2.11. The van der Waals surface area contributed by atoms with Crippen LogP contribution in [0.15, 0.2) is 66.7 Å². The number of hydrogen-bond donors (Lipinski definition) is 0. The van der Waals surface area contributed by atoms with Crippen molar-refractivity contribution in [3.8, 4) is 23.1 Å². The molecule has 0 fully saturated rings. The summed E-state index contributed by atoms with van der Waals surface area (Å²) in [6, 6.07) is 20.3. The van der Waals surface area contributed by atoms with Crippen LogP contribution in [0.25, 0.3) is 28.1 Å². The summed E-state index contributed by atoms with van der Waals surface area (Å²) in [6.45, 7) is 0. The highest BCUT2D eigenvalue weighted by molar-refractivity contribution is 5.83. The number of fused-ring (bicyclic) bond motifs is 1. The largest absolute Gasteiger partial charge is 0.292 e. The predicted molar refractivity (Wildman–Crippen MR) is 91.1 cm³/mol. The molecule has 25 heavy (non-hydrogen) atoms. The highest BCUT2D eigenvalue weighted by Crippen LogP contribution is 2.32. The lowest BCUT2D eigenvalue weighted by atomic mass is 10.1. The van der Waals surface area contributed by atoms with Gasteiger partial charge in [-0.1, -0.05) is 30.3 Å². The smallest absolute Gasteiger partial charge is 0.151 e. The van der Waals surface area contributed by atoms with E-state index in [0.29, 0.717) is 5.52 Å². The molecule has 3 nitrogen and oxygen atoms in total. The van der Waals surface area contributed by atoms with E-state index in [9.17, 15) is 8.78 Å². The first-order chi connectivity index (χ1) is 12.2. The second kappa shape index (κ2) is 5.84. The summed E-state index contributed by atoms with van der Waals surface area (Å²) >= 11 is 0. The summed E-state index contributed by atoms with van der Waals surface area (Å²) in [4.78, 5) is 4.44. The lowest BCUT2D eigenvalue weighted by Crippen LogP contribution is -2.01. The molecule has 0 atom stereocenters. The van der Waals surface area contributed by atoms with Gasteiger partial charge in [-0.3, -0.25) is 4.57 Å². The third-order valence-electron chi connectivity index (χ3n) is 3.97. The Hall–Kier alpha value is -3.52. The van der Waals surface area contributed by atoms with Gasteiger partial charge in [-0.25, -0.2) is 13.8 Å². The minimum absolute atomic E-state index is 0.0684. The van der Waals surface area contributed by atoms with E-state index in [-0.39, 0.29) is 17.0 Å². The molecule has 0 saturated heterocycles. The van der Waals surface area contributed by atoms with Crippen LogP contribution in [0.4, 0.5) is 8.78 Å². The number of nitrogens with zero attached hydrogens (tertiary/aromatic N) is 3. The van der Waals surface area contributed by atoms with Crippen LogP contribution >= 0.6 is 0 Å². The van der Waals surface area contributed by atoms with Crippen LogP contribution in [0.2, 0.25) is 0 Å². The first-order valence-electron chi connectivity index (χ1n) is 7.61. The van der Waals surface area contributed by atoms with E-state index >= 15 is 0 Å². The Kier molecular flexibility index (Phi) is 3.51. The molecule has 1 heterocycles. The molecule has 120 valence electrons. The summed E-state index contributed by atoms with van der Waals surface area (Å²) in [7, 11) is 0. The summed E-state index contributed by atoms with van der Waals surface area (Å²) in [5.41, 5.74) is 1.80. The number of halogens is 2. The van der Waals surface area contributed by atoms with Gasteiger partial charge in [-0.05, 0) is 36.4 Å². The van der Waals surface area contributed by atoms with Crippen molar-refractivity contribution in [2.45, 2.75) is 0 Å². The van der Waals surface area contributed by atoms with E-state index in [1.54, 1.807) is 16.7 Å². The van der Waals surface area contributed by atoms with Crippen molar-refractivity contribution in [3.63, 3.8) is 0 Å². The molecule has 4 rings (SSSR count). The summed E-state index contributed by atoms with van der Waals surface area (Å²) in [6.07, 6.45) is 0. The molecule has 0 N–H and O–H groups in total. The van der Waals surface area contributed by atoms with Crippen molar-refractivity contribution in [1.82, 2.24) is 9.55 Å². The monoisotopic (exact) mass is 331 g/mol. The standard InChI is InChI=1S/C20H11F2N3/c21-15-10-13(12-23)11-16(22)19(15)20-24-17-8-4-5-9-18(17)25(20)14-6-2-1-3-7-14/h1-11H. The van der Waals surface area contributed by atoms with Gasteiger partial charge in [0.15, 0.2) is 5.82 Å². The Morgan fingerprint density at radius 2 is 1.52 bits per heavy atom. The van der Waals surface area contributed by atoms with Crippen LogP contribution in [0.5, 0.6) is 0 Å². The maximum Gasteiger partial charge on any atom is 0.151 e. The Bertz CT molecular complexity index is 1100. The molecule has 1 aromatic heterocycles. The van der Waals surface area contributed by atoms with Gasteiger partial charge in [-0.15, -0.1) is 0 Å². The Labute approximate surface area is 142 Å². The van der Waals surface area contributed by atoms with Gasteiger partial charge in [0, 0.05) is 5.69 Å². The van der Waals surface area contributed by atoms with Crippen LogP contribution in [0.3, 0.4) is 0 Å². The fraction of sp³-hybridized carbons (Fsp3) is 0. The second-order valence-corrected chi connectivity index (χ2v) is 5.52. The summed E-state index contributed by atoms with van der Waals surface area (Å²) in [5.74, 6) is -1.47. The van der Waals surface area contributed by atoms with Crippen molar-refractivity contribution >= 4 is 11.0 Å². The van der Waals surface area contributed by atoms with Crippen LogP contribution in [-0.2, 0) is 0 Å². The molecule has 0 saturated carbocycles. The molecule has 5 heteroatoms. The second-order valence-electron chi connectivity index (χ2n) is 5.52. The number of benzene rings is 3. The molecule has 0 aliphatic carbocycles. The molecule has 0 radical (unpaired) electrons. The first-order valence-corrected chi connectivity index (χ1v) is 7.61. The number of imidazole rings is 1. The lowest BCUT2D eigenvalue weighted by molar-refractivity contribution is 0.586. The predicted octanol–water partition coefficient (Wildman–Crippen LogP) is 4.84. The molecular weight excluding hydrogens is 320 g/mol. The van der Waals surface area contributed by atoms with E-state index in [1.165, 1.54) is 0 Å². The molecule has 0 amide bonds. The van der Waals surface area contributed by atoms with Crippen LogP contribution in [0, 0.1) is 23.0 Å². The quantitative estimate of drug-likeness (QED) is 0.527. The molecular formula is C20H11F2N3. The first kappa shape index (κ1) is 15.0. The maximum absolute atomic E-state index is 14.6. The van der Waals surface area contributed by atoms with Gasteiger partial charge in [0.1, 0.15) is 11.6 Å². The van der Waals surface area contributed by atoms with Gasteiger partial charge in [0.2, 0.25) is 0 Å². The number of aromatic nitrogens is 2. The van der Waals surface area contributed by atoms with Crippen molar-refractivity contribution < 1.29 is 8.78 Å². The Balaban J connectivity index is 2.09. The Morgan fingerprint density at radius 1 is 0.880 bits per heavy atom. The molecule has 0 unspecified atom stereocenters. The number of para-hydroxylation sites is 3. The molecule has 0 aliphatic rings. The van der Waals surface area contributed by atoms with Gasteiger partial charge in [0.25, 0.3) is 0 Å². The van der Waals surface area contributed by atoms with Crippen LogP contribution in [0.1, 0.15) is 5.56 Å². The third-order valence-corrected chi connectivity index (χ3v) is 3.97. The van der Waals surface area contributed by atoms with E-state index in [4.69, 9.17) is 5.26 Å². The van der Waals surface area contributed by atoms with E-state index in [0.717, 1.165) is 23.3 Å². The third kappa shape index (κ3) is 2.45. The highest BCUT2D eigenvalue weighted by Gasteiger charge is 2.21. The molecule has 3 aromatic carbocycles. The zero-order valence-corrected chi connectivity index (χ0v) is 12.9. The normalized spacial score (nSPS) is 10.8. The van der Waals surface area contributed by atoms with Crippen molar-refractivity contribution in [3.05, 3.63) is 83.9 Å².